The van der Waals surface area contributed by atoms with Gasteiger partial charge in [-0.25, -0.2) is 0 Å². The summed E-state index contributed by atoms with van der Waals surface area (Å²) in [5, 5.41) is 2.37. The molecule has 0 spiro atoms. The van der Waals surface area contributed by atoms with E-state index in [0.717, 1.165) is 72.1 Å². The van der Waals surface area contributed by atoms with Crippen LogP contribution < -0.4 is 34.0 Å². The maximum absolute atomic E-state index is 6.85. The summed E-state index contributed by atoms with van der Waals surface area (Å²) in [6, 6.07) is 31.8. The maximum atomic E-state index is 6.85. The molecule has 6 aliphatic heterocycles. The van der Waals surface area contributed by atoms with Gasteiger partial charge in [-0.3, -0.25) is 9.97 Å². The summed E-state index contributed by atoms with van der Waals surface area (Å²) < 4.78 is 15.7. The number of aromatic nitrogens is 2. The normalized spacial score (nSPS) is 28.9. The molecule has 0 radical (unpaired) electrons. The first-order valence-corrected chi connectivity index (χ1v) is 21.6. The first kappa shape index (κ1) is 44.3. The highest BCUT2D eigenvalue weighted by Crippen LogP contribution is 2.51. The van der Waals surface area contributed by atoms with Gasteiger partial charge in [0.25, 0.3) is 0 Å². The fourth-order valence-corrected chi connectivity index (χ4v) is 12.1. The number of ether oxygens (including phenoxy) is 2. The van der Waals surface area contributed by atoms with Crippen molar-refractivity contribution in [2.45, 2.75) is 63.1 Å². The summed E-state index contributed by atoms with van der Waals surface area (Å²) in [5.41, 5.74) is 7.32. The van der Waals surface area contributed by atoms with Gasteiger partial charge in [-0.05, 0) is 47.2 Å². The molecule has 0 amide bonds. The largest absolute Gasteiger partial charge is 1.00 e. The van der Waals surface area contributed by atoms with Crippen LogP contribution in [0.25, 0.3) is 21.8 Å². The average Bonchev–Trinajstić information content (AvgIpc) is 3.27. The number of piperidine rings is 6. The smallest absolute Gasteiger partial charge is 0.135 e. The van der Waals surface area contributed by atoms with Crippen molar-refractivity contribution < 1.29 is 52.4 Å². The molecule has 11 rings (SSSR count). The van der Waals surface area contributed by atoms with Gasteiger partial charge in [0.1, 0.15) is 37.4 Å². The van der Waals surface area contributed by atoms with Gasteiger partial charge in [0, 0.05) is 71.8 Å². The maximum Gasteiger partial charge on any atom is 0.135 e. The molecule has 6 fully saturated rings. The summed E-state index contributed by atoms with van der Waals surface area (Å²) in [6.07, 6.45) is 16.8. The second-order valence-corrected chi connectivity index (χ2v) is 17.8. The van der Waals surface area contributed by atoms with Gasteiger partial charge in [0.05, 0.1) is 50.4 Å². The lowest BCUT2D eigenvalue weighted by Crippen LogP contribution is -3.00. The zero-order chi connectivity index (χ0) is 39.7. The van der Waals surface area contributed by atoms with Crippen LogP contribution >= 0.6 is 0 Å². The minimum Gasteiger partial charge on any atom is -1.00 e. The Hall–Kier alpha value is -3.76. The van der Waals surface area contributed by atoms with Crippen LogP contribution in [0.3, 0.4) is 0 Å². The van der Waals surface area contributed by atoms with Crippen LogP contribution in [0.4, 0.5) is 0 Å². The van der Waals surface area contributed by atoms with E-state index in [0.29, 0.717) is 49.0 Å². The van der Waals surface area contributed by atoms with Crippen molar-refractivity contribution in [2.75, 3.05) is 39.4 Å². The number of nitrogens with zero attached hydrogens (tertiary/aromatic N) is 4. The van der Waals surface area contributed by atoms with Crippen LogP contribution in [0, 0.1) is 23.7 Å². The van der Waals surface area contributed by atoms with E-state index in [2.05, 4.69) is 123 Å². The third kappa shape index (κ3) is 8.28. The SMILES string of the molecule is C=CCO[C@H](c1ccnc2ccccc12)C1CC2CC[N+]1(Cc1ccc(C[N+]34CCC(CC3[C@H](OCC=C)c3ccnc5ccccc35)C(C=C)C4)cc1)CC2C=C.[Br-].[Br-]. The lowest BCUT2D eigenvalue weighted by atomic mass is 9.71. The molecular formula is C52H60Br2N4O2. The summed E-state index contributed by atoms with van der Waals surface area (Å²) in [7, 11) is 0. The summed E-state index contributed by atoms with van der Waals surface area (Å²) >= 11 is 0. The highest BCUT2D eigenvalue weighted by atomic mass is 79.9. The molecule has 4 bridgehead atoms. The molecule has 3 aromatic carbocycles. The molecule has 6 aliphatic rings. The summed E-state index contributed by atoms with van der Waals surface area (Å²) in [4.78, 5) is 9.44. The molecule has 2 aromatic heterocycles. The topological polar surface area (TPSA) is 44.2 Å². The van der Waals surface area contributed by atoms with Crippen molar-refractivity contribution in [3.63, 3.8) is 0 Å². The molecule has 8 heteroatoms. The first-order valence-electron chi connectivity index (χ1n) is 21.6. The molecular weight excluding hydrogens is 872 g/mol. The van der Waals surface area contributed by atoms with Crippen LogP contribution in [0.2, 0.25) is 0 Å². The van der Waals surface area contributed by atoms with Crippen LogP contribution in [-0.4, -0.2) is 70.4 Å². The van der Waals surface area contributed by atoms with Crippen molar-refractivity contribution in [3.8, 4) is 0 Å². The average molecular weight is 933 g/mol. The van der Waals surface area contributed by atoms with Gasteiger partial charge < -0.3 is 52.4 Å². The van der Waals surface area contributed by atoms with Crippen LogP contribution in [-0.2, 0) is 22.6 Å². The molecule has 0 saturated carbocycles. The van der Waals surface area contributed by atoms with Crippen LogP contribution in [0.5, 0.6) is 0 Å². The predicted molar refractivity (Wildman–Crippen MR) is 236 cm³/mol. The zero-order valence-corrected chi connectivity index (χ0v) is 38.0. The van der Waals surface area contributed by atoms with E-state index < -0.39 is 0 Å². The van der Waals surface area contributed by atoms with Crippen LogP contribution in [0.1, 0.15) is 60.1 Å². The van der Waals surface area contributed by atoms with E-state index in [1.165, 1.54) is 45.9 Å². The monoisotopic (exact) mass is 930 g/mol. The fraction of sp³-hybridized carbons (Fsp3) is 0.385. The Labute approximate surface area is 378 Å². The van der Waals surface area contributed by atoms with Gasteiger partial charge in [-0.15, -0.1) is 26.3 Å². The van der Waals surface area contributed by atoms with Gasteiger partial charge in [-0.1, -0.05) is 85.0 Å². The minimum atomic E-state index is -0.0555. The predicted octanol–water partition coefficient (Wildman–Crippen LogP) is 4.50. The molecule has 10 atom stereocenters. The minimum absolute atomic E-state index is 0. The van der Waals surface area contributed by atoms with Crippen molar-refractivity contribution in [1.29, 1.82) is 0 Å². The number of rotatable bonds is 16. The van der Waals surface area contributed by atoms with Gasteiger partial charge in [-0.2, -0.15) is 0 Å². The molecule has 8 heterocycles. The van der Waals surface area contributed by atoms with Gasteiger partial charge in [0.2, 0.25) is 0 Å². The number of para-hydroxylation sites is 2. The molecule has 0 N–H and O–H groups in total. The van der Waals surface area contributed by atoms with Crippen molar-refractivity contribution in [1.82, 2.24) is 9.97 Å². The number of pyridine rings is 2. The third-order valence-electron chi connectivity index (χ3n) is 14.8. The van der Waals surface area contributed by atoms with E-state index in [1.807, 2.05) is 24.5 Å². The fourth-order valence-electron chi connectivity index (χ4n) is 12.1. The molecule has 6 nitrogen and oxygen atoms in total. The molecule has 8 unspecified atom stereocenters. The number of benzene rings is 3. The van der Waals surface area contributed by atoms with Crippen LogP contribution in [0.15, 0.2) is 148 Å². The number of hydrogen-bond acceptors (Lipinski definition) is 4. The number of halogens is 2. The molecule has 6 saturated heterocycles. The van der Waals surface area contributed by atoms with E-state index in [9.17, 15) is 0 Å². The van der Waals surface area contributed by atoms with Gasteiger partial charge >= 0.3 is 0 Å². The standard InChI is InChI=1S/C52H60N4O2.2BrH/c1-5-29-57-51(45-21-25-53-47-15-11-9-13-43(45)47)49-31-41-23-27-55(49,35-39(41)7-3)33-37-17-19-38(20-18-37)34-56-28-24-42(40(8-4)36-56)32-50(56)52(58-30-6-2)46-22-26-54-48-16-12-10-14-44(46)48;;/h5-22,25-26,39-42,49-52H,1-4,23-24,27-36H2;2*1H/q+2;;/p-2/t39?,40?,41?,42?,49?,50?,51-,52-,55?,56?;;/m1../s1. The quantitative estimate of drug-likeness (QED) is 0.108. The second-order valence-electron chi connectivity index (χ2n) is 17.8. The molecule has 60 heavy (non-hydrogen) atoms. The lowest BCUT2D eigenvalue weighted by molar-refractivity contribution is -0.985. The van der Waals surface area contributed by atoms with Crippen molar-refractivity contribution >= 4 is 21.8 Å². The number of hydrogen-bond donors (Lipinski definition) is 0. The summed E-state index contributed by atoms with van der Waals surface area (Å²) in [5.74, 6) is 2.29. The van der Waals surface area contributed by atoms with E-state index in [-0.39, 0.29) is 46.2 Å². The zero-order valence-electron chi connectivity index (χ0n) is 34.8. The highest BCUT2D eigenvalue weighted by molar-refractivity contribution is 5.83. The molecule has 314 valence electrons. The Bertz CT molecular complexity index is 2130. The number of quaternary nitrogens is 2. The molecule has 5 aromatic rings. The van der Waals surface area contributed by atoms with E-state index >= 15 is 0 Å². The second kappa shape index (κ2) is 19.1. The van der Waals surface area contributed by atoms with Crippen molar-refractivity contribution in [2.24, 2.45) is 23.7 Å². The Balaban J connectivity index is 0.00000272. The Kier molecular flexibility index (Phi) is 14.1. The number of fused-ring (bicyclic) bond motifs is 8. The Morgan fingerprint density at radius 1 is 0.583 bits per heavy atom. The third-order valence-corrected chi connectivity index (χ3v) is 14.8. The highest BCUT2D eigenvalue weighted by Gasteiger charge is 2.56. The van der Waals surface area contributed by atoms with Gasteiger partial charge in [0.15, 0.2) is 0 Å². The van der Waals surface area contributed by atoms with E-state index in [1.54, 1.807) is 0 Å². The summed E-state index contributed by atoms with van der Waals surface area (Å²) in [6.45, 7) is 24.3. The Morgan fingerprint density at radius 2 is 1.00 bits per heavy atom. The molecule has 0 aliphatic carbocycles. The van der Waals surface area contributed by atoms with E-state index in [4.69, 9.17) is 19.4 Å². The lowest BCUT2D eigenvalue weighted by Gasteiger charge is -2.59. The van der Waals surface area contributed by atoms with Crippen molar-refractivity contribution in [3.05, 3.63) is 170 Å². The Morgan fingerprint density at radius 3 is 1.40 bits per heavy atom. The first-order chi connectivity index (χ1) is 28.5.